The minimum Gasteiger partial charge on any atom is -0.467 e. The highest BCUT2D eigenvalue weighted by Gasteiger charge is 2.18. The molecule has 0 saturated carbocycles. The molecule has 0 spiro atoms. The van der Waals surface area contributed by atoms with Crippen LogP contribution in [0.5, 0.6) is 0 Å². The molecule has 0 unspecified atom stereocenters. The Morgan fingerprint density at radius 1 is 1.47 bits per heavy atom. The topological polar surface area (TPSA) is 60.7 Å². The van der Waals surface area contributed by atoms with Crippen molar-refractivity contribution in [3.63, 3.8) is 0 Å². The number of hydrogen-bond acceptors (Lipinski definition) is 5. The van der Waals surface area contributed by atoms with Gasteiger partial charge < -0.3 is 19.2 Å². The van der Waals surface area contributed by atoms with Gasteiger partial charge in [0.25, 0.3) is 0 Å². The highest BCUT2D eigenvalue weighted by atomic mass is 16.5. The van der Waals surface area contributed by atoms with Crippen molar-refractivity contribution in [1.29, 1.82) is 0 Å². The van der Waals surface area contributed by atoms with Crippen molar-refractivity contribution >= 4 is 5.97 Å². The molecule has 1 heterocycles. The van der Waals surface area contributed by atoms with Crippen LogP contribution in [0.2, 0.25) is 0 Å². The Labute approximate surface area is 101 Å². The van der Waals surface area contributed by atoms with E-state index in [0.29, 0.717) is 24.5 Å². The van der Waals surface area contributed by atoms with E-state index in [2.05, 4.69) is 10.1 Å². The maximum Gasteiger partial charge on any atom is 0.341 e. The van der Waals surface area contributed by atoms with Crippen LogP contribution < -0.4 is 5.32 Å². The third-order valence-electron chi connectivity index (χ3n) is 2.32. The van der Waals surface area contributed by atoms with E-state index in [4.69, 9.17) is 9.15 Å². The predicted molar refractivity (Wildman–Crippen MR) is 62.8 cm³/mol. The van der Waals surface area contributed by atoms with E-state index in [9.17, 15) is 4.79 Å². The van der Waals surface area contributed by atoms with Crippen molar-refractivity contribution in [3.8, 4) is 0 Å². The number of rotatable bonds is 6. The number of esters is 1. The standard InChI is InChI=1S/C12H19NO4/c1-12(2,8-15-3)13-6-10-5-9(7-17-10)11(14)16-4/h5,7,13H,6,8H2,1-4H3. The van der Waals surface area contributed by atoms with Crippen molar-refractivity contribution in [2.24, 2.45) is 0 Å². The van der Waals surface area contributed by atoms with Crippen LogP contribution in [0.1, 0.15) is 30.0 Å². The number of nitrogens with one attached hydrogen (secondary N) is 1. The van der Waals surface area contributed by atoms with Crippen molar-refractivity contribution in [2.75, 3.05) is 20.8 Å². The second-order valence-corrected chi connectivity index (χ2v) is 4.46. The van der Waals surface area contributed by atoms with Crippen LogP contribution in [0.15, 0.2) is 16.7 Å². The van der Waals surface area contributed by atoms with E-state index in [1.54, 1.807) is 13.2 Å². The average molecular weight is 241 g/mol. The smallest absolute Gasteiger partial charge is 0.341 e. The van der Waals surface area contributed by atoms with Gasteiger partial charge in [-0.15, -0.1) is 0 Å². The monoisotopic (exact) mass is 241 g/mol. The third-order valence-corrected chi connectivity index (χ3v) is 2.32. The van der Waals surface area contributed by atoms with Gasteiger partial charge in [0, 0.05) is 12.6 Å². The number of ether oxygens (including phenoxy) is 2. The Kier molecular flexibility index (Phi) is 4.72. The number of hydrogen-bond donors (Lipinski definition) is 1. The summed E-state index contributed by atoms with van der Waals surface area (Å²) in [5.41, 5.74) is 0.279. The molecule has 1 rings (SSSR count). The van der Waals surface area contributed by atoms with E-state index in [1.165, 1.54) is 13.4 Å². The van der Waals surface area contributed by atoms with Gasteiger partial charge in [0.05, 0.1) is 25.8 Å². The number of methoxy groups -OCH3 is 2. The number of carbonyl (C=O) groups excluding carboxylic acids is 1. The van der Waals surface area contributed by atoms with Gasteiger partial charge in [-0.05, 0) is 19.9 Å². The van der Waals surface area contributed by atoms with Gasteiger partial charge in [-0.25, -0.2) is 4.79 Å². The predicted octanol–water partition coefficient (Wildman–Crippen LogP) is 1.58. The molecule has 96 valence electrons. The molecule has 1 N–H and O–H groups in total. The fraction of sp³-hybridized carbons (Fsp3) is 0.583. The zero-order valence-electron chi connectivity index (χ0n) is 10.7. The van der Waals surface area contributed by atoms with Gasteiger partial charge in [0.2, 0.25) is 0 Å². The molecule has 0 saturated heterocycles. The Morgan fingerprint density at radius 3 is 2.76 bits per heavy atom. The van der Waals surface area contributed by atoms with E-state index < -0.39 is 5.97 Å². The van der Waals surface area contributed by atoms with Gasteiger partial charge in [0.15, 0.2) is 0 Å². The zero-order valence-corrected chi connectivity index (χ0v) is 10.7. The van der Waals surface area contributed by atoms with Crippen molar-refractivity contribution in [1.82, 2.24) is 5.32 Å². The van der Waals surface area contributed by atoms with Crippen LogP contribution in [0, 0.1) is 0 Å². The minimum absolute atomic E-state index is 0.146. The summed E-state index contributed by atoms with van der Waals surface area (Å²) in [6.45, 7) is 5.19. The fourth-order valence-electron chi connectivity index (χ4n) is 1.44. The summed E-state index contributed by atoms with van der Waals surface area (Å²) < 4.78 is 14.9. The summed E-state index contributed by atoms with van der Waals surface area (Å²) in [7, 11) is 3.00. The van der Waals surface area contributed by atoms with Crippen LogP contribution in [0.3, 0.4) is 0 Å². The largest absolute Gasteiger partial charge is 0.467 e. The van der Waals surface area contributed by atoms with Crippen molar-refractivity contribution in [2.45, 2.75) is 25.9 Å². The first-order valence-electron chi connectivity index (χ1n) is 5.38. The first-order chi connectivity index (χ1) is 7.98. The molecule has 0 radical (unpaired) electrons. The van der Waals surface area contributed by atoms with Crippen molar-refractivity contribution < 1.29 is 18.7 Å². The lowest BCUT2D eigenvalue weighted by Crippen LogP contribution is -2.42. The van der Waals surface area contributed by atoms with Crippen LogP contribution in [0.25, 0.3) is 0 Å². The molecule has 5 heteroatoms. The average Bonchev–Trinajstić information content (AvgIpc) is 2.74. The highest BCUT2D eigenvalue weighted by molar-refractivity contribution is 5.88. The molecule has 0 amide bonds. The summed E-state index contributed by atoms with van der Waals surface area (Å²) in [5.74, 6) is 0.297. The van der Waals surface area contributed by atoms with E-state index >= 15 is 0 Å². The highest BCUT2D eigenvalue weighted by Crippen LogP contribution is 2.11. The summed E-state index contributed by atoms with van der Waals surface area (Å²) in [6.07, 6.45) is 1.40. The molecule has 1 aromatic heterocycles. The summed E-state index contributed by atoms with van der Waals surface area (Å²) in [6, 6.07) is 1.67. The zero-order chi connectivity index (χ0) is 12.9. The van der Waals surface area contributed by atoms with Crippen molar-refractivity contribution in [3.05, 3.63) is 23.7 Å². The second-order valence-electron chi connectivity index (χ2n) is 4.46. The fourth-order valence-corrected chi connectivity index (χ4v) is 1.44. The SMILES string of the molecule is COCC(C)(C)NCc1cc(C(=O)OC)co1. The molecule has 0 aliphatic carbocycles. The number of furan rings is 1. The first-order valence-corrected chi connectivity index (χ1v) is 5.38. The molecule has 0 aromatic carbocycles. The van der Waals surface area contributed by atoms with E-state index in [1.807, 2.05) is 13.8 Å². The minimum atomic E-state index is -0.392. The molecule has 5 nitrogen and oxygen atoms in total. The van der Waals surface area contributed by atoms with E-state index in [-0.39, 0.29) is 5.54 Å². The lowest BCUT2D eigenvalue weighted by molar-refractivity contribution is 0.0600. The third kappa shape index (κ3) is 4.20. The molecule has 17 heavy (non-hydrogen) atoms. The van der Waals surface area contributed by atoms with Crippen LogP contribution >= 0.6 is 0 Å². The normalized spacial score (nSPS) is 11.5. The molecular weight excluding hydrogens is 222 g/mol. The first kappa shape index (κ1) is 13.7. The lowest BCUT2D eigenvalue weighted by atomic mass is 10.1. The van der Waals surface area contributed by atoms with Gasteiger partial charge in [-0.1, -0.05) is 0 Å². The Hall–Kier alpha value is -1.33. The van der Waals surface area contributed by atoms with Gasteiger partial charge >= 0.3 is 5.97 Å². The maximum atomic E-state index is 11.2. The molecule has 0 fully saturated rings. The van der Waals surface area contributed by atoms with Crippen LogP contribution in [-0.2, 0) is 16.0 Å². The van der Waals surface area contributed by atoms with Crippen LogP contribution in [0.4, 0.5) is 0 Å². The molecule has 0 bridgehead atoms. The van der Waals surface area contributed by atoms with Gasteiger partial charge in [-0.3, -0.25) is 0 Å². The van der Waals surface area contributed by atoms with Gasteiger partial charge in [0.1, 0.15) is 12.0 Å². The molecule has 1 aromatic rings. The Bertz CT molecular complexity index is 370. The molecule has 0 aliphatic heterocycles. The van der Waals surface area contributed by atoms with Crippen LogP contribution in [-0.4, -0.2) is 32.3 Å². The summed E-state index contributed by atoms with van der Waals surface area (Å²) in [4.78, 5) is 11.2. The number of carbonyl (C=O) groups is 1. The summed E-state index contributed by atoms with van der Waals surface area (Å²) in [5, 5.41) is 3.28. The maximum absolute atomic E-state index is 11.2. The summed E-state index contributed by atoms with van der Waals surface area (Å²) >= 11 is 0. The molecular formula is C12H19NO4. The Morgan fingerprint density at radius 2 is 2.18 bits per heavy atom. The van der Waals surface area contributed by atoms with E-state index in [0.717, 1.165) is 0 Å². The quantitative estimate of drug-likeness (QED) is 0.766. The second kappa shape index (κ2) is 5.84. The molecule has 0 aliphatic rings. The molecule has 0 atom stereocenters. The Balaban J connectivity index is 2.53. The lowest BCUT2D eigenvalue weighted by Gasteiger charge is -2.24. The van der Waals surface area contributed by atoms with Gasteiger partial charge in [-0.2, -0.15) is 0 Å².